The third-order valence-electron chi connectivity index (χ3n) is 8.60. The van der Waals surface area contributed by atoms with Crippen LogP contribution in [0.5, 0.6) is 5.75 Å². The molecule has 1 fully saturated rings. The molecule has 0 aliphatic carbocycles. The molecule has 7 nitrogen and oxygen atoms in total. The van der Waals surface area contributed by atoms with Gasteiger partial charge in [0.15, 0.2) is 0 Å². The predicted molar refractivity (Wildman–Crippen MR) is 155 cm³/mol. The van der Waals surface area contributed by atoms with Crippen molar-refractivity contribution in [3.8, 4) is 5.75 Å². The van der Waals surface area contributed by atoms with Crippen molar-refractivity contribution < 1.29 is 14.3 Å². The molecule has 1 aromatic heterocycles. The molecule has 0 spiro atoms. The van der Waals surface area contributed by atoms with E-state index in [9.17, 15) is 9.59 Å². The Balaban J connectivity index is 1.39. The summed E-state index contributed by atoms with van der Waals surface area (Å²) in [6, 6.07) is 15.8. The summed E-state index contributed by atoms with van der Waals surface area (Å²) < 4.78 is 7.45. The highest BCUT2D eigenvalue weighted by Crippen LogP contribution is 2.35. The Morgan fingerprint density at radius 3 is 2.56 bits per heavy atom. The summed E-state index contributed by atoms with van der Waals surface area (Å²) in [5.41, 5.74) is 2.61. The van der Waals surface area contributed by atoms with Gasteiger partial charge in [-0.05, 0) is 74.4 Å². The highest BCUT2D eigenvalue weighted by atomic mass is 16.5. The molecule has 5 rings (SSSR count). The third kappa shape index (κ3) is 5.42. The maximum atomic E-state index is 14.1. The quantitative estimate of drug-likeness (QED) is 0.423. The van der Waals surface area contributed by atoms with Gasteiger partial charge in [-0.25, -0.2) is 0 Å². The van der Waals surface area contributed by atoms with Gasteiger partial charge in [-0.15, -0.1) is 0 Å². The van der Waals surface area contributed by atoms with E-state index in [0.717, 1.165) is 65.7 Å². The van der Waals surface area contributed by atoms with Crippen LogP contribution in [0.1, 0.15) is 55.2 Å². The Morgan fingerprint density at radius 2 is 1.85 bits per heavy atom. The van der Waals surface area contributed by atoms with Crippen LogP contribution in [0, 0.1) is 18.8 Å². The number of aromatic nitrogens is 1. The number of nitrogens with one attached hydrogen (secondary N) is 1. The third-order valence-corrected chi connectivity index (χ3v) is 8.60. The van der Waals surface area contributed by atoms with Crippen molar-refractivity contribution in [2.45, 2.75) is 59.2 Å². The molecule has 2 aliphatic heterocycles. The van der Waals surface area contributed by atoms with Crippen LogP contribution in [0.2, 0.25) is 0 Å². The number of ether oxygens (including phenoxy) is 1. The van der Waals surface area contributed by atoms with Crippen molar-refractivity contribution in [1.29, 1.82) is 0 Å². The second-order valence-corrected chi connectivity index (χ2v) is 11.9. The summed E-state index contributed by atoms with van der Waals surface area (Å²) in [6.07, 6.45) is 2.18. The molecule has 39 heavy (non-hydrogen) atoms. The molecule has 3 aromatic rings. The van der Waals surface area contributed by atoms with E-state index in [0.29, 0.717) is 25.3 Å². The summed E-state index contributed by atoms with van der Waals surface area (Å²) in [5.74, 6) is 1.92. The van der Waals surface area contributed by atoms with Crippen LogP contribution in [-0.4, -0.2) is 65.0 Å². The van der Waals surface area contributed by atoms with Gasteiger partial charge in [0.1, 0.15) is 17.0 Å². The predicted octanol–water partition coefficient (Wildman–Crippen LogP) is 4.86. The Labute approximate surface area is 232 Å². The minimum atomic E-state index is -1.05. The van der Waals surface area contributed by atoms with Gasteiger partial charge >= 0.3 is 0 Å². The first-order valence-corrected chi connectivity index (χ1v) is 14.2. The summed E-state index contributed by atoms with van der Waals surface area (Å²) in [7, 11) is 1.64. The number of nitrogens with zero attached hydrogens (tertiary/aromatic N) is 3. The van der Waals surface area contributed by atoms with Gasteiger partial charge in [-0.3, -0.25) is 9.59 Å². The Kier molecular flexibility index (Phi) is 7.72. The molecule has 2 aromatic carbocycles. The van der Waals surface area contributed by atoms with E-state index in [2.05, 4.69) is 24.1 Å². The second-order valence-electron chi connectivity index (χ2n) is 11.9. The lowest BCUT2D eigenvalue weighted by atomic mass is 9.92. The smallest absolute Gasteiger partial charge is 0.271 e. The first-order chi connectivity index (χ1) is 18.7. The van der Waals surface area contributed by atoms with Crippen LogP contribution < -0.4 is 10.1 Å². The zero-order valence-electron chi connectivity index (χ0n) is 24.0. The number of carbonyl (C=O) groups is 2. The van der Waals surface area contributed by atoms with E-state index in [4.69, 9.17) is 4.74 Å². The molecule has 7 heteroatoms. The van der Waals surface area contributed by atoms with Crippen LogP contribution in [-0.2, 0) is 17.9 Å². The maximum Gasteiger partial charge on any atom is 0.271 e. The van der Waals surface area contributed by atoms with E-state index in [1.165, 1.54) is 6.42 Å². The van der Waals surface area contributed by atoms with Gasteiger partial charge in [0.2, 0.25) is 5.91 Å². The standard InChI is InChI=1S/C32H42N4O3/c1-22-15-23(2)19-34(18-22)14-8-13-33-31(38)32(4)21-35-28-17-27(39-5)12-11-25(28)16-29(35)30(37)36(32)20-26-10-7-6-9-24(26)3/h6-7,9-12,16-17,22-23H,8,13-15,18-21H2,1-5H3,(H,33,38)/t22-,23-,32-/m1/s1. The molecule has 1 N–H and O–H groups in total. The van der Waals surface area contributed by atoms with E-state index in [-0.39, 0.29) is 11.8 Å². The van der Waals surface area contributed by atoms with Crippen molar-refractivity contribution in [2.24, 2.45) is 11.8 Å². The van der Waals surface area contributed by atoms with Crippen molar-refractivity contribution >= 4 is 22.7 Å². The van der Waals surface area contributed by atoms with E-state index in [1.54, 1.807) is 12.0 Å². The largest absolute Gasteiger partial charge is 0.497 e. The fourth-order valence-corrected chi connectivity index (χ4v) is 6.53. The minimum absolute atomic E-state index is 0.111. The number of carbonyl (C=O) groups excluding carboxylic acids is 2. The molecule has 208 valence electrons. The van der Waals surface area contributed by atoms with Crippen LogP contribution in [0.25, 0.3) is 10.9 Å². The summed E-state index contributed by atoms with van der Waals surface area (Å²) in [5, 5.41) is 4.16. The minimum Gasteiger partial charge on any atom is -0.497 e. The van der Waals surface area contributed by atoms with Crippen molar-refractivity contribution in [3.63, 3.8) is 0 Å². The molecule has 1 saturated heterocycles. The summed E-state index contributed by atoms with van der Waals surface area (Å²) in [6.45, 7) is 13.2. The molecule has 3 atom stereocenters. The Morgan fingerprint density at radius 1 is 1.10 bits per heavy atom. The molecule has 2 amide bonds. The number of fused-ring (bicyclic) bond motifs is 3. The summed E-state index contributed by atoms with van der Waals surface area (Å²) >= 11 is 0. The van der Waals surface area contributed by atoms with Gasteiger partial charge in [0.25, 0.3) is 5.91 Å². The lowest BCUT2D eigenvalue weighted by Crippen LogP contribution is -2.63. The fourth-order valence-electron chi connectivity index (χ4n) is 6.53. The van der Waals surface area contributed by atoms with Gasteiger partial charge < -0.3 is 24.4 Å². The molecule has 2 aliphatic rings. The van der Waals surface area contributed by atoms with Gasteiger partial charge in [0.05, 0.1) is 19.2 Å². The number of hydrogen-bond acceptors (Lipinski definition) is 4. The first kappa shape index (κ1) is 27.3. The van der Waals surface area contributed by atoms with Crippen LogP contribution in [0.3, 0.4) is 0 Å². The number of methoxy groups -OCH3 is 1. The number of rotatable bonds is 8. The average Bonchev–Trinajstić information content (AvgIpc) is 3.26. The topological polar surface area (TPSA) is 66.8 Å². The number of amides is 2. The lowest BCUT2D eigenvalue weighted by molar-refractivity contribution is -0.133. The van der Waals surface area contributed by atoms with Crippen molar-refractivity contribution in [3.05, 3.63) is 65.4 Å². The first-order valence-electron chi connectivity index (χ1n) is 14.2. The van der Waals surface area contributed by atoms with Gasteiger partial charge in [0, 0.05) is 37.6 Å². The van der Waals surface area contributed by atoms with E-state index in [1.807, 2.05) is 66.9 Å². The number of aryl methyl sites for hydroxylation is 1. The molecular formula is C32H42N4O3. The average molecular weight is 531 g/mol. The van der Waals surface area contributed by atoms with Crippen LogP contribution in [0.15, 0.2) is 48.5 Å². The maximum absolute atomic E-state index is 14.1. The monoisotopic (exact) mass is 530 g/mol. The number of benzene rings is 2. The van der Waals surface area contributed by atoms with Crippen LogP contribution in [0.4, 0.5) is 0 Å². The summed E-state index contributed by atoms with van der Waals surface area (Å²) in [4.78, 5) is 32.3. The lowest BCUT2D eigenvalue weighted by Gasteiger charge is -2.44. The zero-order chi connectivity index (χ0) is 27.7. The highest BCUT2D eigenvalue weighted by Gasteiger charge is 2.47. The fraction of sp³-hybridized carbons (Fsp3) is 0.500. The number of piperidine rings is 1. The van der Waals surface area contributed by atoms with Crippen molar-refractivity contribution in [2.75, 3.05) is 33.3 Å². The van der Waals surface area contributed by atoms with Gasteiger partial charge in [-0.1, -0.05) is 38.1 Å². The number of hydrogen-bond donors (Lipinski definition) is 1. The van der Waals surface area contributed by atoms with Crippen LogP contribution >= 0.6 is 0 Å². The molecule has 0 radical (unpaired) electrons. The van der Waals surface area contributed by atoms with Gasteiger partial charge in [-0.2, -0.15) is 0 Å². The Hall–Kier alpha value is -3.32. The zero-order valence-corrected chi connectivity index (χ0v) is 24.0. The van der Waals surface area contributed by atoms with E-state index >= 15 is 0 Å². The Bertz CT molecular complexity index is 1350. The number of likely N-dealkylation sites (tertiary alicyclic amines) is 1. The molecule has 0 saturated carbocycles. The highest BCUT2D eigenvalue weighted by molar-refractivity contribution is 6.03. The molecule has 3 heterocycles. The normalized spacial score (nSPS) is 23.6. The van der Waals surface area contributed by atoms with Crippen molar-refractivity contribution in [1.82, 2.24) is 19.7 Å². The molecular weight excluding hydrogens is 488 g/mol. The molecule has 0 bridgehead atoms. The van der Waals surface area contributed by atoms with E-state index < -0.39 is 5.54 Å². The molecule has 0 unspecified atom stereocenters. The second kappa shape index (κ2) is 11.0. The SMILES string of the molecule is COc1ccc2cc3n(c2c1)C[C@](C)(C(=O)NCCCN1C[C@H](C)C[C@@H](C)C1)N(Cc1ccccc1C)C3=O.